The van der Waals surface area contributed by atoms with E-state index in [-0.39, 0.29) is 0 Å². The van der Waals surface area contributed by atoms with Gasteiger partial charge in [-0.25, -0.2) is 0 Å². The summed E-state index contributed by atoms with van der Waals surface area (Å²) >= 11 is 0. The first-order valence-corrected chi connectivity index (χ1v) is 6.90. The number of amides is 1. The molecule has 0 aliphatic heterocycles. The maximum absolute atomic E-state index is 11.3. The lowest BCUT2D eigenvalue weighted by molar-refractivity contribution is 0.0995. The number of hydrogen-bond donors (Lipinski definition) is 2. The third-order valence-corrected chi connectivity index (χ3v) is 3.29. The summed E-state index contributed by atoms with van der Waals surface area (Å²) in [5.41, 5.74) is 11.8. The van der Waals surface area contributed by atoms with Crippen molar-refractivity contribution < 1.29 is 9.53 Å². The highest BCUT2D eigenvalue weighted by molar-refractivity contribution is 5.96. The first-order valence-electron chi connectivity index (χ1n) is 6.90. The minimum absolute atomic E-state index is 0.352. The molecular formula is C15H24N2O2. The summed E-state index contributed by atoms with van der Waals surface area (Å²) in [6.07, 6.45) is 4.60. The highest BCUT2D eigenvalue weighted by Gasteiger charge is 2.12. The van der Waals surface area contributed by atoms with Crippen molar-refractivity contribution in [1.29, 1.82) is 0 Å². The number of benzene rings is 1. The number of rotatable bonds is 8. The zero-order chi connectivity index (χ0) is 14.3. The molecule has 0 aromatic heterocycles. The molecule has 0 aliphatic carbocycles. The summed E-state index contributed by atoms with van der Waals surface area (Å²) in [5.74, 6) is 0.527. The van der Waals surface area contributed by atoms with Crippen molar-refractivity contribution in [2.24, 2.45) is 11.7 Å². The van der Waals surface area contributed by atoms with Gasteiger partial charge in [0.05, 0.1) is 12.2 Å². The summed E-state index contributed by atoms with van der Waals surface area (Å²) in [4.78, 5) is 11.3. The van der Waals surface area contributed by atoms with Gasteiger partial charge in [0.25, 0.3) is 5.91 Å². The number of ether oxygens (including phenoxy) is 1. The van der Waals surface area contributed by atoms with Crippen LogP contribution in [0.4, 0.5) is 5.69 Å². The minimum atomic E-state index is -0.510. The Kier molecular flexibility index (Phi) is 6.19. The van der Waals surface area contributed by atoms with Crippen LogP contribution in [0, 0.1) is 5.92 Å². The van der Waals surface area contributed by atoms with Crippen molar-refractivity contribution >= 4 is 11.6 Å². The van der Waals surface area contributed by atoms with E-state index in [1.54, 1.807) is 18.2 Å². The van der Waals surface area contributed by atoms with Crippen LogP contribution >= 0.6 is 0 Å². The Morgan fingerprint density at radius 2 is 2.11 bits per heavy atom. The number of anilines is 1. The number of hydrogen-bond acceptors (Lipinski definition) is 3. The molecule has 0 saturated carbocycles. The maximum Gasteiger partial charge on any atom is 0.252 e. The van der Waals surface area contributed by atoms with Gasteiger partial charge < -0.3 is 16.2 Å². The first-order chi connectivity index (χ1) is 9.08. The summed E-state index contributed by atoms with van der Waals surface area (Å²) in [6, 6.07) is 4.99. The van der Waals surface area contributed by atoms with Gasteiger partial charge in [0.2, 0.25) is 0 Å². The number of carbonyl (C=O) groups excluding carboxylic acids is 1. The van der Waals surface area contributed by atoms with Crippen molar-refractivity contribution in [3.8, 4) is 5.75 Å². The van der Waals surface area contributed by atoms with Gasteiger partial charge in [0.1, 0.15) is 5.75 Å². The Hall–Kier alpha value is -1.71. The molecule has 0 saturated heterocycles. The number of nitrogens with two attached hydrogens (primary N) is 2. The van der Waals surface area contributed by atoms with Crippen LogP contribution in [-0.4, -0.2) is 12.5 Å². The van der Waals surface area contributed by atoms with Crippen molar-refractivity contribution in [3.63, 3.8) is 0 Å². The lowest BCUT2D eigenvalue weighted by Crippen LogP contribution is -2.16. The highest BCUT2D eigenvalue weighted by Crippen LogP contribution is 2.23. The van der Waals surface area contributed by atoms with Gasteiger partial charge in [-0.2, -0.15) is 0 Å². The predicted octanol–water partition coefficient (Wildman–Crippen LogP) is 2.96. The lowest BCUT2D eigenvalue weighted by atomic mass is 10.0. The molecule has 1 aromatic carbocycles. The lowest BCUT2D eigenvalue weighted by Gasteiger charge is -2.17. The third kappa shape index (κ3) is 4.81. The molecule has 0 spiro atoms. The molecule has 0 heterocycles. The van der Waals surface area contributed by atoms with Crippen molar-refractivity contribution in [1.82, 2.24) is 0 Å². The second-order valence-corrected chi connectivity index (χ2v) is 4.85. The Bertz CT molecular complexity index is 419. The molecule has 106 valence electrons. The van der Waals surface area contributed by atoms with Crippen LogP contribution in [0.5, 0.6) is 5.75 Å². The van der Waals surface area contributed by atoms with E-state index in [0.717, 1.165) is 12.8 Å². The first kappa shape index (κ1) is 15.3. The van der Waals surface area contributed by atoms with Gasteiger partial charge in [0, 0.05) is 5.69 Å². The Labute approximate surface area is 115 Å². The molecule has 1 unspecified atom stereocenters. The molecule has 19 heavy (non-hydrogen) atoms. The van der Waals surface area contributed by atoms with E-state index in [9.17, 15) is 4.79 Å². The number of carbonyl (C=O) groups is 1. The van der Waals surface area contributed by atoms with Crippen LogP contribution in [0.1, 0.15) is 49.9 Å². The smallest absolute Gasteiger partial charge is 0.252 e. The van der Waals surface area contributed by atoms with Crippen LogP contribution < -0.4 is 16.2 Å². The largest absolute Gasteiger partial charge is 0.492 e. The summed E-state index contributed by atoms with van der Waals surface area (Å²) < 4.78 is 5.75. The normalized spacial score (nSPS) is 12.1. The summed E-state index contributed by atoms with van der Waals surface area (Å²) in [5, 5.41) is 0. The van der Waals surface area contributed by atoms with Gasteiger partial charge in [-0.1, -0.05) is 33.1 Å². The molecule has 0 fully saturated rings. The molecule has 1 aromatic rings. The van der Waals surface area contributed by atoms with E-state index in [4.69, 9.17) is 16.2 Å². The predicted molar refractivity (Wildman–Crippen MR) is 78.2 cm³/mol. The fourth-order valence-corrected chi connectivity index (χ4v) is 1.97. The second kappa shape index (κ2) is 7.67. The molecule has 1 amide bonds. The van der Waals surface area contributed by atoms with E-state index < -0.39 is 5.91 Å². The van der Waals surface area contributed by atoms with Gasteiger partial charge in [-0.15, -0.1) is 0 Å². The van der Waals surface area contributed by atoms with Gasteiger partial charge in [-0.05, 0) is 30.5 Å². The summed E-state index contributed by atoms with van der Waals surface area (Å²) in [7, 11) is 0. The van der Waals surface area contributed by atoms with Crippen LogP contribution in [0.25, 0.3) is 0 Å². The molecule has 0 bridgehead atoms. The molecule has 0 aliphatic rings. The van der Waals surface area contributed by atoms with E-state index in [0.29, 0.717) is 29.5 Å². The molecular weight excluding hydrogens is 240 g/mol. The van der Waals surface area contributed by atoms with Gasteiger partial charge in [0.15, 0.2) is 0 Å². The Morgan fingerprint density at radius 3 is 2.68 bits per heavy atom. The average molecular weight is 264 g/mol. The number of primary amides is 1. The van der Waals surface area contributed by atoms with Gasteiger partial charge in [-0.3, -0.25) is 4.79 Å². The fraction of sp³-hybridized carbons (Fsp3) is 0.533. The molecule has 1 atom stereocenters. The average Bonchev–Trinajstić information content (AvgIpc) is 2.40. The molecule has 4 N–H and O–H groups in total. The third-order valence-electron chi connectivity index (χ3n) is 3.29. The second-order valence-electron chi connectivity index (χ2n) is 4.85. The topological polar surface area (TPSA) is 78.3 Å². The van der Waals surface area contributed by atoms with Crippen LogP contribution in [-0.2, 0) is 0 Å². The van der Waals surface area contributed by atoms with E-state index in [1.165, 1.54) is 12.8 Å². The van der Waals surface area contributed by atoms with Crippen LogP contribution in [0.15, 0.2) is 18.2 Å². The molecule has 0 radical (unpaired) electrons. The van der Waals surface area contributed by atoms with E-state index >= 15 is 0 Å². The maximum atomic E-state index is 11.3. The van der Waals surface area contributed by atoms with Crippen LogP contribution in [0.2, 0.25) is 0 Å². The quantitative estimate of drug-likeness (QED) is 0.708. The molecule has 1 rings (SSSR count). The number of nitrogen functional groups attached to an aromatic ring is 1. The van der Waals surface area contributed by atoms with Crippen molar-refractivity contribution in [2.75, 3.05) is 12.3 Å². The SMILES string of the molecule is CCCCC(CC)COc1ccc(N)cc1C(N)=O. The van der Waals surface area contributed by atoms with Crippen molar-refractivity contribution in [3.05, 3.63) is 23.8 Å². The standard InChI is InChI=1S/C15H24N2O2/c1-3-5-6-11(4-2)10-19-14-8-7-12(16)9-13(14)15(17)18/h7-9,11H,3-6,10,16H2,1-2H3,(H2,17,18). The van der Waals surface area contributed by atoms with Crippen LogP contribution in [0.3, 0.4) is 0 Å². The monoisotopic (exact) mass is 264 g/mol. The van der Waals surface area contributed by atoms with E-state index in [2.05, 4.69) is 13.8 Å². The fourth-order valence-electron chi connectivity index (χ4n) is 1.97. The summed E-state index contributed by atoms with van der Waals surface area (Å²) in [6.45, 7) is 4.95. The minimum Gasteiger partial charge on any atom is -0.492 e. The Morgan fingerprint density at radius 1 is 1.37 bits per heavy atom. The molecule has 4 nitrogen and oxygen atoms in total. The van der Waals surface area contributed by atoms with Gasteiger partial charge >= 0.3 is 0 Å². The zero-order valence-corrected chi connectivity index (χ0v) is 11.8. The zero-order valence-electron chi connectivity index (χ0n) is 11.8. The van der Waals surface area contributed by atoms with E-state index in [1.807, 2.05) is 0 Å². The van der Waals surface area contributed by atoms with Crippen molar-refractivity contribution in [2.45, 2.75) is 39.5 Å². The Balaban J connectivity index is 2.68. The highest BCUT2D eigenvalue weighted by atomic mass is 16.5. The number of unbranched alkanes of at least 4 members (excludes halogenated alkanes) is 1. The molecule has 4 heteroatoms.